The highest BCUT2D eigenvalue weighted by molar-refractivity contribution is 5.66. The minimum atomic E-state index is -0.676. The first-order valence-electron chi connectivity index (χ1n) is 7.01. The van der Waals surface area contributed by atoms with E-state index in [1.807, 2.05) is 13.8 Å². The molecule has 4 saturated heterocycles. The molecule has 0 spiro atoms. The molecule has 1 saturated carbocycles. The largest absolute Gasteiger partial charge is 0.435 e. The Hall–Kier alpha value is -0.950. The van der Waals surface area contributed by atoms with Gasteiger partial charge >= 0.3 is 5.97 Å². The predicted octanol–water partition coefficient (Wildman–Crippen LogP) is 1.12. The zero-order valence-corrected chi connectivity index (χ0v) is 11.5. The van der Waals surface area contributed by atoms with Gasteiger partial charge in [-0.3, -0.25) is 4.79 Å². The predicted molar refractivity (Wildman–Crippen MR) is 62.5 cm³/mol. The minimum absolute atomic E-state index is 0.0938. The van der Waals surface area contributed by atoms with Crippen LogP contribution in [0.15, 0.2) is 11.8 Å². The van der Waals surface area contributed by atoms with Crippen LogP contribution in [-0.2, 0) is 28.5 Å². The van der Waals surface area contributed by atoms with E-state index in [2.05, 4.69) is 0 Å². The number of carbonyl (C=O) groups is 1. The van der Waals surface area contributed by atoms with Gasteiger partial charge in [-0.05, 0) is 19.4 Å². The summed E-state index contributed by atoms with van der Waals surface area (Å²) < 4.78 is 29.1. The van der Waals surface area contributed by atoms with E-state index in [-0.39, 0.29) is 42.2 Å². The van der Waals surface area contributed by atoms with Gasteiger partial charge in [0.15, 0.2) is 24.2 Å². The van der Waals surface area contributed by atoms with Crippen LogP contribution < -0.4 is 0 Å². The molecule has 6 heteroatoms. The second-order valence-corrected chi connectivity index (χ2v) is 6.57. The van der Waals surface area contributed by atoms with E-state index < -0.39 is 11.6 Å². The van der Waals surface area contributed by atoms with E-state index in [4.69, 9.17) is 23.7 Å². The molecule has 108 valence electrons. The zero-order valence-electron chi connectivity index (χ0n) is 11.5. The topological polar surface area (TPSA) is 63.2 Å². The van der Waals surface area contributed by atoms with Crippen LogP contribution in [0.1, 0.15) is 20.8 Å². The number of rotatable bonds is 1. The summed E-state index contributed by atoms with van der Waals surface area (Å²) in [5.74, 6) is -1.10. The van der Waals surface area contributed by atoms with Gasteiger partial charge in [0.05, 0.1) is 6.26 Å². The Morgan fingerprint density at radius 2 is 1.70 bits per heavy atom. The Morgan fingerprint density at radius 3 is 2.20 bits per heavy atom. The van der Waals surface area contributed by atoms with Gasteiger partial charge in [0, 0.05) is 30.6 Å². The molecular formula is C14H16O6. The fraction of sp³-hybridized carbons (Fsp3) is 0.786. The van der Waals surface area contributed by atoms with Crippen molar-refractivity contribution in [3.05, 3.63) is 11.8 Å². The lowest BCUT2D eigenvalue weighted by molar-refractivity contribution is -0.400. The third-order valence-corrected chi connectivity index (χ3v) is 5.46. The maximum Gasteiger partial charge on any atom is 0.307 e. The van der Waals surface area contributed by atoms with Crippen molar-refractivity contribution in [2.24, 2.45) is 23.7 Å². The van der Waals surface area contributed by atoms with E-state index in [0.717, 1.165) is 5.57 Å². The van der Waals surface area contributed by atoms with Crippen molar-refractivity contribution in [1.82, 2.24) is 0 Å². The first-order chi connectivity index (χ1) is 9.43. The van der Waals surface area contributed by atoms with Crippen molar-refractivity contribution in [3.8, 4) is 0 Å². The number of hydrogen-bond donors (Lipinski definition) is 0. The molecular weight excluding hydrogens is 264 g/mol. The molecule has 2 bridgehead atoms. The van der Waals surface area contributed by atoms with Gasteiger partial charge in [0.25, 0.3) is 0 Å². The van der Waals surface area contributed by atoms with Crippen molar-refractivity contribution < 1.29 is 28.5 Å². The van der Waals surface area contributed by atoms with Crippen LogP contribution in [0.25, 0.3) is 0 Å². The molecule has 0 aromatic rings. The molecule has 1 aliphatic carbocycles. The molecule has 0 unspecified atom stereocenters. The third-order valence-electron chi connectivity index (χ3n) is 5.46. The molecule has 5 rings (SSSR count). The molecule has 0 amide bonds. The van der Waals surface area contributed by atoms with Crippen LogP contribution in [-0.4, -0.2) is 30.1 Å². The van der Waals surface area contributed by atoms with E-state index in [9.17, 15) is 4.79 Å². The average Bonchev–Trinajstić information content (AvgIpc) is 2.91. The Kier molecular flexibility index (Phi) is 1.82. The Labute approximate surface area is 115 Å². The summed E-state index contributed by atoms with van der Waals surface area (Å²) in [5, 5.41) is 0. The molecule has 0 aromatic carbocycles. The normalized spacial score (nSPS) is 62.6. The molecule has 5 fully saturated rings. The molecule has 0 aromatic heterocycles. The summed E-state index contributed by atoms with van der Waals surface area (Å²) in [6, 6.07) is 0. The molecule has 4 aliphatic heterocycles. The van der Waals surface area contributed by atoms with Gasteiger partial charge in [0.2, 0.25) is 0 Å². The smallest absolute Gasteiger partial charge is 0.307 e. The summed E-state index contributed by atoms with van der Waals surface area (Å²) in [6.45, 7) is 5.30. The second-order valence-electron chi connectivity index (χ2n) is 6.57. The Balaban J connectivity index is 1.66. The molecule has 0 radical (unpaired) electrons. The van der Waals surface area contributed by atoms with Crippen LogP contribution in [0.5, 0.6) is 0 Å². The van der Waals surface area contributed by atoms with Gasteiger partial charge in [-0.25, -0.2) is 0 Å². The molecule has 5 aliphatic rings. The maximum atomic E-state index is 11.1. The molecule has 0 N–H and O–H groups in total. The zero-order chi connectivity index (χ0) is 13.9. The molecule has 4 heterocycles. The van der Waals surface area contributed by atoms with Gasteiger partial charge in [0.1, 0.15) is 0 Å². The highest BCUT2D eigenvalue weighted by Crippen LogP contribution is 2.73. The van der Waals surface area contributed by atoms with Gasteiger partial charge < -0.3 is 23.7 Å². The van der Waals surface area contributed by atoms with Crippen molar-refractivity contribution in [3.63, 3.8) is 0 Å². The van der Waals surface area contributed by atoms with E-state index in [1.54, 1.807) is 6.26 Å². The number of hydrogen-bond acceptors (Lipinski definition) is 6. The van der Waals surface area contributed by atoms with Crippen LogP contribution in [0, 0.1) is 23.7 Å². The van der Waals surface area contributed by atoms with Crippen molar-refractivity contribution in [2.45, 2.75) is 44.9 Å². The van der Waals surface area contributed by atoms with Crippen LogP contribution in [0.3, 0.4) is 0 Å². The van der Waals surface area contributed by atoms with Crippen molar-refractivity contribution in [2.75, 3.05) is 0 Å². The summed E-state index contributed by atoms with van der Waals surface area (Å²) in [5.41, 5.74) is 1.08. The van der Waals surface area contributed by atoms with E-state index >= 15 is 0 Å². The van der Waals surface area contributed by atoms with Gasteiger partial charge in [-0.15, -0.1) is 0 Å². The number of ether oxygens (including phenoxy) is 5. The van der Waals surface area contributed by atoms with E-state index in [1.165, 1.54) is 6.92 Å². The lowest BCUT2D eigenvalue weighted by Crippen LogP contribution is -2.43. The Morgan fingerprint density at radius 1 is 1.15 bits per heavy atom. The van der Waals surface area contributed by atoms with Crippen molar-refractivity contribution >= 4 is 5.97 Å². The Bertz CT molecular complexity index is 522. The van der Waals surface area contributed by atoms with E-state index in [0.29, 0.717) is 0 Å². The lowest BCUT2D eigenvalue weighted by atomic mass is 9.83. The second kappa shape index (κ2) is 3.11. The lowest BCUT2D eigenvalue weighted by Gasteiger charge is -2.36. The first kappa shape index (κ1) is 11.7. The van der Waals surface area contributed by atoms with Crippen LogP contribution >= 0.6 is 0 Å². The summed E-state index contributed by atoms with van der Waals surface area (Å²) in [4.78, 5) is 11.1. The molecule has 20 heavy (non-hydrogen) atoms. The number of esters is 1. The average molecular weight is 280 g/mol. The monoisotopic (exact) mass is 280 g/mol. The van der Waals surface area contributed by atoms with Gasteiger partial charge in [-0.2, -0.15) is 0 Å². The first-order valence-corrected chi connectivity index (χ1v) is 7.01. The standard InChI is InChI=1S/C14H16O6/c1-5(15)16-4-6-7-9-10-8(6)12-17-11(7)18-13(9,2)20-14(10,3)19-12/h4,7-12H,1-3H3/t7-,8+,9-,10+,11+,12-,13+,14-. The van der Waals surface area contributed by atoms with Crippen LogP contribution in [0.2, 0.25) is 0 Å². The summed E-state index contributed by atoms with van der Waals surface area (Å²) in [7, 11) is 0. The maximum absolute atomic E-state index is 11.1. The fourth-order valence-corrected chi connectivity index (χ4v) is 5.06. The number of carbonyl (C=O) groups excluding carboxylic acids is 1. The third kappa shape index (κ3) is 1.07. The van der Waals surface area contributed by atoms with Crippen molar-refractivity contribution in [1.29, 1.82) is 0 Å². The van der Waals surface area contributed by atoms with Crippen LogP contribution in [0.4, 0.5) is 0 Å². The highest BCUT2D eigenvalue weighted by Gasteiger charge is 2.81. The quantitative estimate of drug-likeness (QED) is 0.530. The minimum Gasteiger partial charge on any atom is -0.435 e. The molecule has 8 atom stereocenters. The SMILES string of the molecule is CC(=O)OC=C1[C@@H]2[C@@H]3O[C@H]4O[C@@]5(C)O[C@@](C)(O3)[C@@H]2[C@H]5[C@@H]14. The molecule has 6 nitrogen and oxygen atoms in total. The highest BCUT2D eigenvalue weighted by atomic mass is 16.9. The fourth-order valence-electron chi connectivity index (χ4n) is 5.06. The summed E-state index contributed by atoms with van der Waals surface area (Å²) >= 11 is 0. The summed E-state index contributed by atoms with van der Waals surface area (Å²) in [6.07, 6.45) is 0.841. The van der Waals surface area contributed by atoms with Gasteiger partial charge in [-0.1, -0.05) is 0 Å².